The van der Waals surface area contributed by atoms with Crippen molar-refractivity contribution in [3.05, 3.63) is 35.7 Å². The van der Waals surface area contributed by atoms with Crippen LogP contribution < -0.4 is 10.5 Å². The van der Waals surface area contributed by atoms with Gasteiger partial charge in [-0.2, -0.15) is 9.36 Å². The monoisotopic (exact) mass is 277 g/mol. The molecular formula is C14H19N3OS. The molecule has 2 N–H and O–H groups in total. The second-order valence-corrected chi connectivity index (χ2v) is 6.15. The molecule has 0 radical (unpaired) electrons. The molecule has 1 heterocycles. The van der Waals surface area contributed by atoms with E-state index >= 15 is 0 Å². The zero-order valence-electron chi connectivity index (χ0n) is 11.5. The molecule has 4 nitrogen and oxygen atoms in total. The van der Waals surface area contributed by atoms with Crippen molar-refractivity contribution in [3.8, 4) is 5.19 Å². The van der Waals surface area contributed by atoms with Gasteiger partial charge in [-0.15, -0.1) is 0 Å². The molecule has 0 aliphatic heterocycles. The molecule has 0 amide bonds. The van der Waals surface area contributed by atoms with Crippen LogP contribution in [0.2, 0.25) is 0 Å². The highest BCUT2D eigenvalue weighted by atomic mass is 32.1. The van der Waals surface area contributed by atoms with E-state index in [0.29, 0.717) is 11.8 Å². The standard InChI is InChI=1S/C14H19N3OS/c1-14(2,3)12-16-13(19-17-12)18-9-8-10-6-4-5-7-11(10)15/h4-7H,8-9,15H2,1-3H3. The minimum absolute atomic E-state index is 0.0397. The van der Waals surface area contributed by atoms with Crippen LogP contribution in [0.4, 0.5) is 5.69 Å². The molecule has 19 heavy (non-hydrogen) atoms. The summed E-state index contributed by atoms with van der Waals surface area (Å²) in [5, 5.41) is 0.624. The number of rotatable bonds is 4. The lowest BCUT2D eigenvalue weighted by Gasteiger charge is -2.12. The molecule has 5 heteroatoms. The number of hydrogen-bond acceptors (Lipinski definition) is 5. The van der Waals surface area contributed by atoms with Crippen molar-refractivity contribution in [1.82, 2.24) is 9.36 Å². The van der Waals surface area contributed by atoms with Crippen LogP contribution in [-0.2, 0) is 11.8 Å². The zero-order chi connectivity index (χ0) is 13.9. The summed E-state index contributed by atoms with van der Waals surface area (Å²) in [5.74, 6) is 0.826. The van der Waals surface area contributed by atoms with E-state index < -0.39 is 0 Å². The van der Waals surface area contributed by atoms with Gasteiger partial charge in [0.2, 0.25) is 0 Å². The fourth-order valence-electron chi connectivity index (χ4n) is 1.58. The summed E-state index contributed by atoms with van der Waals surface area (Å²) >= 11 is 1.30. The van der Waals surface area contributed by atoms with E-state index in [0.717, 1.165) is 23.5 Å². The van der Waals surface area contributed by atoms with Crippen LogP contribution in [0.3, 0.4) is 0 Å². The van der Waals surface area contributed by atoms with Gasteiger partial charge in [0.05, 0.1) is 6.61 Å². The first kappa shape index (κ1) is 13.8. The highest BCUT2D eigenvalue weighted by molar-refractivity contribution is 7.07. The molecule has 0 spiro atoms. The van der Waals surface area contributed by atoms with Gasteiger partial charge in [0.25, 0.3) is 5.19 Å². The Bertz CT molecular complexity index is 546. The fourth-order valence-corrected chi connectivity index (χ4v) is 2.33. The van der Waals surface area contributed by atoms with E-state index in [1.54, 1.807) is 0 Å². The van der Waals surface area contributed by atoms with E-state index in [1.807, 2.05) is 24.3 Å². The third kappa shape index (κ3) is 3.67. The summed E-state index contributed by atoms with van der Waals surface area (Å²) in [4.78, 5) is 4.39. The minimum Gasteiger partial charge on any atom is -0.469 e. The summed E-state index contributed by atoms with van der Waals surface area (Å²) in [5.41, 5.74) is 7.75. The second-order valence-electron chi connectivity index (χ2n) is 5.43. The lowest BCUT2D eigenvalue weighted by atomic mass is 9.96. The molecule has 0 saturated heterocycles. The van der Waals surface area contributed by atoms with Crippen LogP contribution in [0.1, 0.15) is 32.2 Å². The van der Waals surface area contributed by atoms with Gasteiger partial charge in [-0.3, -0.25) is 0 Å². The van der Waals surface area contributed by atoms with Gasteiger partial charge in [0.15, 0.2) is 5.82 Å². The molecule has 0 aliphatic rings. The molecule has 102 valence electrons. The van der Waals surface area contributed by atoms with Crippen molar-refractivity contribution in [1.29, 1.82) is 0 Å². The maximum atomic E-state index is 5.88. The van der Waals surface area contributed by atoms with Gasteiger partial charge in [-0.05, 0) is 11.6 Å². The number of anilines is 1. The second kappa shape index (κ2) is 5.57. The van der Waals surface area contributed by atoms with Gasteiger partial charge in [0.1, 0.15) is 0 Å². The van der Waals surface area contributed by atoms with Crippen molar-refractivity contribution in [2.75, 3.05) is 12.3 Å². The van der Waals surface area contributed by atoms with Crippen molar-refractivity contribution in [2.45, 2.75) is 32.6 Å². The van der Waals surface area contributed by atoms with Gasteiger partial charge in [-0.25, -0.2) is 0 Å². The number of benzene rings is 1. The van der Waals surface area contributed by atoms with Gasteiger partial charge in [0, 0.05) is 29.1 Å². The Kier molecular flexibility index (Phi) is 4.04. The minimum atomic E-state index is -0.0397. The number of hydrogen-bond donors (Lipinski definition) is 1. The lowest BCUT2D eigenvalue weighted by Crippen LogP contribution is -2.13. The van der Waals surface area contributed by atoms with Crippen LogP contribution in [0.25, 0.3) is 0 Å². The lowest BCUT2D eigenvalue weighted by molar-refractivity contribution is 0.318. The number of para-hydroxylation sites is 1. The van der Waals surface area contributed by atoms with Crippen LogP contribution in [-0.4, -0.2) is 16.0 Å². The zero-order valence-corrected chi connectivity index (χ0v) is 12.3. The number of nitrogens with two attached hydrogens (primary N) is 1. The Morgan fingerprint density at radius 3 is 2.63 bits per heavy atom. The summed E-state index contributed by atoms with van der Waals surface area (Å²) < 4.78 is 9.94. The summed E-state index contributed by atoms with van der Waals surface area (Å²) in [6.07, 6.45) is 0.775. The molecule has 0 atom stereocenters. The van der Waals surface area contributed by atoms with Crippen molar-refractivity contribution < 1.29 is 4.74 Å². The summed E-state index contributed by atoms with van der Waals surface area (Å²) in [7, 11) is 0. The maximum absolute atomic E-state index is 5.88. The molecule has 0 bridgehead atoms. The van der Waals surface area contributed by atoms with Crippen LogP contribution >= 0.6 is 11.5 Å². The summed E-state index contributed by atoms with van der Waals surface area (Å²) in [6, 6.07) is 7.83. The van der Waals surface area contributed by atoms with E-state index in [-0.39, 0.29) is 5.41 Å². The first-order valence-corrected chi connectivity index (χ1v) is 7.04. The Hall–Kier alpha value is -1.62. The number of nitrogen functional groups attached to an aromatic ring is 1. The number of nitrogens with zero attached hydrogens (tertiary/aromatic N) is 2. The van der Waals surface area contributed by atoms with Gasteiger partial charge in [-0.1, -0.05) is 39.0 Å². The Morgan fingerprint density at radius 2 is 2.00 bits per heavy atom. The molecule has 1 aromatic heterocycles. The maximum Gasteiger partial charge on any atom is 0.293 e. The van der Waals surface area contributed by atoms with Gasteiger partial charge < -0.3 is 10.5 Å². The summed E-state index contributed by atoms with van der Waals surface area (Å²) in [6.45, 7) is 6.82. The largest absolute Gasteiger partial charge is 0.469 e. The van der Waals surface area contributed by atoms with Crippen LogP contribution in [0.5, 0.6) is 5.19 Å². The topological polar surface area (TPSA) is 61.0 Å². The highest BCUT2D eigenvalue weighted by Gasteiger charge is 2.19. The van der Waals surface area contributed by atoms with E-state index in [2.05, 4.69) is 30.1 Å². The Labute approximate surface area is 117 Å². The van der Waals surface area contributed by atoms with Crippen LogP contribution in [0.15, 0.2) is 24.3 Å². The average molecular weight is 277 g/mol. The van der Waals surface area contributed by atoms with Gasteiger partial charge >= 0.3 is 0 Å². The molecule has 0 unspecified atom stereocenters. The predicted molar refractivity (Wildman–Crippen MR) is 78.7 cm³/mol. The molecule has 2 rings (SSSR count). The fraction of sp³-hybridized carbons (Fsp3) is 0.429. The Morgan fingerprint density at radius 1 is 1.26 bits per heavy atom. The third-order valence-electron chi connectivity index (χ3n) is 2.73. The SMILES string of the molecule is CC(C)(C)c1nsc(OCCc2ccccc2N)n1. The van der Waals surface area contributed by atoms with E-state index in [1.165, 1.54) is 11.5 Å². The van der Waals surface area contributed by atoms with Crippen LogP contribution in [0, 0.1) is 0 Å². The number of ether oxygens (including phenoxy) is 1. The molecule has 0 fully saturated rings. The Balaban J connectivity index is 1.90. The molecule has 1 aromatic carbocycles. The predicted octanol–water partition coefficient (Wildman–Crippen LogP) is 3.04. The van der Waals surface area contributed by atoms with E-state index in [4.69, 9.17) is 10.5 Å². The van der Waals surface area contributed by atoms with Crippen molar-refractivity contribution >= 4 is 17.2 Å². The molecule has 0 saturated carbocycles. The molecule has 2 aromatic rings. The van der Waals surface area contributed by atoms with Crippen molar-refractivity contribution in [2.24, 2.45) is 0 Å². The first-order valence-electron chi connectivity index (χ1n) is 6.27. The quantitative estimate of drug-likeness (QED) is 0.873. The smallest absolute Gasteiger partial charge is 0.293 e. The molecule has 0 aliphatic carbocycles. The van der Waals surface area contributed by atoms with E-state index in [9.17, 15) is 0 Å². The molecular weight excluding hydrogens is 258 g/mol. The average Bonchev–Trinajstić information content (AvgIpc) is 2.80. The highest BCUT2D eigenvalue weighted by Crippen LogP contribution is 2.24. The third-order valence-corrected chi connectivity index (χ3v) is 3.36. The van der Waals surface area contributed by atoms with Crippen molar-refractivity contribution in [3.63, 3.8) is 0 Å². The normalized spacial score (nSPS) is 11.5. The number of aromatic nitrogens is 2. The first-order chi connectivity index (χ1) is 8.97.